The van der Waals surface area contributed by atoms with E-state index >= 15 is 0 Å². The summed E-state index contributed by atoms with van der Waals surface area (Å²) >= 11 is 0. The fourth-order valence-electron chi connectivity index (χ4n) is 2.25. The lowest BCUT2D eigenvalue weighted by Gasteiger charge is -2.25. The highest BCUT2D eigenvalue weighted by Crippen LogP contribution is 2.34. The van der Waals surface area contributed by atoms with Crippen molar-refractivity contribution in [3.05, 3.63) is 0 Å². The number of hydrogen-bond donors (Lipinski definition) is 0. The van der Waals surface area contributed by atoms with Crippen molar-refractivity contribution >= 4 is 11.8 Å². The number of oxime groups is 1. The summed E-state index contributed by atoms with van der Waals surface area (Å²) in [5.41, 5.74) is 0.257. The van der Waals surface area contributed by atoms with Crippen LogP contribution < -0.4 is 0 Å². The number of hydrogen-bond acceptors (Lipinski definition) is 4. The van der Waals surface area contributed by atoms with E-state index in [1.54, 1.807) is 4.90 Å². The SMILES string of the molecule is CC1=NOC2(CCN(C(=O)OC(C)(C)C)C2)C1. The molecule has 0 aliphatic carbocycles. The molecule has 96 valence electrons. The molecule has 0 aromatic carbocycles. The van der Waals surface area contributed by atoms with Gasteiger partial charge < -0.3 is 14.5 Å². The maximum Gasteiger partial charge on any atom is 0.410 e. The average molecular weight is 240 g/mol. The molecule has 17 heavy (non-hydrogen) atoms. The van der Waals surface area contributed by atoms with E-state index in [2.05, 4.69) is 5.16 Å². The maximum atomic E-state index is 11.9. The molecule has 0 bridgehead atoms. The first-order chi connectivity index (χ1) is 7.80. The molecular formula is C12H20N2O3. The second-order valence-electron chi connectivity index (χ2n) is 5.93. The van der Waals surface area contributed by atoms with Gasteiger partial charge in [-0.2, -0.15) is 0 Å². The van der Waals surface area contributed by atoms with Gasteiger partial charge in [0.2, 0.25) is 0 Å². The first-order valence-electron chi connectivity index (χ1n) is 5.99. The van der Waals surface area contributed by atoms with Gasteiger partial charge in [0.25, 0.3) is 0 Å². The van der Waals surface area contributed by atoms with Gasteiger partial charge in [-0.3, -0.25) is 0 Å². The Balaban J connectivity index is 1.92. The van der Waals surface area contributed by atoms with Crippen molar-refractivity contribution in [1.29, 1.82) is 0 Å². The zero-order chi connectivity index (χ0) is 12.7. The molecule has 1 saturated heterocycles. The second-order valence-corrected chi connectivity index (χ2v) is 5.93. The summed E-state index contributed by atoms with van der Waals surface area (Å²) in [6, 6.07) is 0. The highest BCUT2D eigenvalue weighted by Gasteiger charge is 2.46. The number of likely N-dealkylation sites (tertiary alicyclic amines) is 1. The molecule has 1 unspecified atom stereocenters. The lowest BCUT2D eigenvalue weighted by atomic mass is 9.97. The van der Waals surface area contributed by atoms with Crippen LogP contribution in [0.5, 0.6) is 0 Å². The largest absolute Gasteiger partial charge is 0.444 e. The van der Waals surface area contributed by atoms with Crippen LogP contribution in [0.15, 0.2) is 5.16 Å². The molecule has 1 amide bonds. The Morgan fingerprint density at radius 3 is 2.76 bits per heavy atom. The van der Waals surface area contributed by atoms with Crippen LogP contribution in [-0.2, 0) is 9.57 Å². The lowest BCUT2D eigenvalue weighted by molar-refractivity contribution is -0.0159. The molecule has 1 spiro atoms. The first kappa shape index (κ1) is 12.2. The van der Waals surface area contributed by atoms with Gasteiger partial charge in [-0.05, 0) is 27.7 Å². The number of nitrogens with zero attached hydrogens (tertiary/aromatic N) is 2. The molecule has 0 N–H and O–H groups in total. The van der Waals surface area contributed by atoms with Crippen molar-refractivity contribution in [1.82, 2.24) is 4.90 Å². The van der Waals surface area contributed by atoms with Gasteiger partial charge in [-0.15, -0.1) is 0 Å². The smallest absolute Gasteiger partial charge is 0.410 e. The second kappa shape index (κ2) is 3.89. The summed E-state index contributed by atoms with van der Waals surface area (Å²) in [5, 5.41) is 3.98. The Bertz CT molecular complexity index is 359. The normalized spacial score (nSPS) is 28.2. The van der Waals surface area contributed by atoms with E-state index in [0.717, 1.165) is 18.6 Å². The molecule has 0 aromatic rings. The van der Waals surface area contributed by atoms with Crippen molar-refractivity contribution in [2.75, 3.05) is 13.1 Å². The number of ether oxygens (including phenoxy) is 1. The summed E-state index contributed by atoms with van der Waals surface area (Å²) in [6.07, 6.45) is 1.38. The molecule has 2 aliphatic heterocycles. The molecule has 2 heterocycles. The van der Waals surface area contributed by atoms with Gasteiger partial charge in [0.15, 0.2) is 5.60 Å². The van der Waals surface area contributed by atoms with E-state index in [-0.39, 0.29) is 11.7 Å². The quantitative estimate of drug-likeness (QED) is 0.652. The number of rotatable bonds is 0. The number of carbonyl (C=O) groups is 1. The molecule has 5 heteroatoms. The number of carbonyl (C=O) groups excluding carboxylic acids is 1. The van der Waals surface area contributed by atoms with Gasteiger partial charge in [0.1, 0.15) is 5.60 Å². The van der Waals surface area contributed by atoms with Crippen LogP contribution in [0.1, 0.15) is 40.5 Å². The van der Waals surface area contributed by atoms with E-state index in [9.17, 15) is 4.79 Å². The summed E-state index contributed by atoms with van der Waals surface area (Å²) in [7, 11) is 0. The van der Waals surface area contributed by atoms with E-state index in [4.69, 9.17) is 9.57 Å². The van der Waals surface area contributed by atoms with Gasteiger partial charge >= 0.3 is 6.09 Å². The molecule has 0 radical (unpaired) electrons. The fourth-order valence-corrected chi connectivity index (χ4v) is 2.25. The molecule has 5 nitrogen and oxygen atoms in total. The molecule has 1 fully saturated rings. The third kappa shape index (κ3) is 2.70. The zero-order valence-electron chi connectivity index (χ0n) is 10.9. The Labute approximate surface area is 102 Å². The van der Waals surface area contributed by atoms with Crippen LogP contribution in [0.25, 0.3) is 0 Å². The standard InChI is InChI=1S/C12H20N2O3/c1-9-7-12(17-13-9)5-6-14(8-12)10(15)16-11(2,3)4/h5-8H2,1-4H3. The van der Waals surface area contributed by atoms with Crippen LogP contribution in [-0.4, -0.2) is 41.0 Å². The highest BCUT2D eigenvalue weighted by molar-refractivity contribution is 5.83. The Hall–Kier alpha value is -1.26. The predicted molar refractivity (Wildman–Crippen MR) is 64.0 cm³/mol. The molecule has 2 aliphatic rings. The first-order valence-corrected chi connectivity index (χ1v) is 5.99. The minimum atomic E-state index is -0.449. The van der Waals surface area contributed by atoms with Gasteiger partial charge in [0, 0.05) is 19.4 Å². The number of amides is 1. The molecule has 1 atom stereocenters. The Morgan fingerprint density at radius 1 is 1.53 bits per heavy atom. The van der Waals surface area contributed by atoms with Gasteiger partial charge in [0.05, 0.1) is 12.3 Å². The van der Waals surface area contributed by atoms with Crippen molar-refractivity contribution in [3.63, 3.8) is 0 Å². The molecule has 2 rings (SSSR count). The van der Waals surface area contributed by atoms with Crippen molar-refractivity contribution < 1.29 is 14.4 Å². The van der Waals surface area contributed by atoms with Crippen molar-refractivity contribution in [2.45, 2.75) is 51.7 Å². The highest BCUT2D eigenvalue weighted by atomic mass is 16.7. The van der Waals surface area contributed by atoms with Crippen molar-refractivity contribution in [2.24, 2.45) is 5.16 Å². The van der Waals surface area contributed by atoms with E-state index in [1.807, 2.05) is 27.7 Å². The van der Waals surface area contributed by atoms with Crippen LogP contribution in [0, 0.1) is 0 Å². The van der Waals surface area contributed by atoms with Gasteiger partial charge in [-0.1, -0.05) is 5.16 Å². The Morgan fingerprint density at radius 2 is 2.24 bits per heavy atom. The van der Waals surface area contributed by atoms with Crippen LogP contribution in [0.2, 0.25) is 0 Å². The van der Waals surface area contributed by atoms with Crippen LogP contribution in [0.3, 0.4) is 0 Å². The maximum absolute atomic E-state index is 11.9. The predicted octanol–water partition coefficient (Wildman–Crippen LogP) is 2.16. The minimum Gasteiger partial charge on any atom is -0.444 e. The topological polar surface area (TPSA) is 51.1 Å². The third-order valence-electron chi connectivity index (χ3n) is 2.94. The van der Waals surface area contributed by atoms with Gasteiger partial charge in [-0.25, -0.2) is 4.79 Å². The molecule has 0 aromatic heterocycles. The van der Waals surface area contributed by atoms with Crippen LogP contribution >= 0.6 is 0 Å². The molecular weight excluding hydrogens is 220 g/mol. The minimum absolute atomic E-state index is 0.262. The third-order valence-corrected chi connectivity index (χ3v) is 2.94. The van der Waals surface area contributed by atoms with E-state index in [1.165, 1.54) is 0 Å². The van der Waals surface area contributed by atoms with Crippen molar-refractivity contribution in [3.8, 4) is 0 Å². The molecule has 0 saturated carbocycles. The van der Waals surface area contributed by atoms with E-state index < -0.39 is 5.60 Å². The lowest BCUT2D eigenvalue weighted by Crippen LogP contribution is -2.39. The fraction of sp³-hybridized carbons (Fsp3) is 0.833. The summed E-state index contributed by atoms with van der Waals surface area (Å²) in [6.45, 7) is 8.81. The monoisotopic (exact) mass is 240 g/mol. The zero-order valence-corrected chi connectivity index (χ0v) is 10.9. The summed E-state index contributed by atoms with van der Waals surface area (Å²) in [4.78, 5) is 19.1. The Kier molecular flexibility index (Phi) is 2.79. The summed E-state index contributed by atoms with van der Waals surface area (Å²) in [5.74, 6) is 0. The van der Waals surface area contributed by atoms with Crippen LogP contribution in [0.4, 0.5) is 4.79 Å². The average Bonchev–Trinajstić information content (AvgIpc) is 2.72. The summed E-state index contributed by atoms with van der Waals surface area (Å²) < 4.78 is 5.35. The van der Waals surface area contributed by atoms with E-state index in [0.29, 0.717) is 13.1 Å².